The van der Waals surface area contributed by atoms with Gasteiger partial charge in [-0.2, -0.15) is 0 Å². The van der Waals surface area contributed by atoms with Crippen molar-refractivity contribution in [3.63, 3.8) is 0 Å². The molecular weight excluding hydrogens is 769 g/mol. The molecule has 0 amide bonds. The SMILES string of the molecule is CC/C=C\C/C=C\C/C=C\C/C=C\C/C=C\CCCCCC(=O)OCC(COC(=O)CCCCCCCCCCCC)OC(=O)CCCCCCCCCCCCCCCCC. The number of ether oxygens (including phenoxy) is 3. The Hall–Kier alpha value is -2.89. The zero-order valence-corrected chi connectivity index (χ0v) is 40.9. The quantitative estimate of drug-likeness (QED) is 0.0262. The minimum absolute atomic E-state index is 0.0816. The van der Waals surface area contributed by atoms with E-state index in [0.29, 0.717) is 19.3 Å². The number of hydrogen-bond acceptors (Lipinski definition) is 6. The van der Waals surface area contributed by atoms with E-state index in [4.69, 9.17) is 14.2 Å². The zero-order chi connectivity index (χ0) is 45.1. The predicted molar refractivity (Wildman–Crippen MR) is 265 cm³/mol. The van der Waals surface area contributed by atoms with E-state index in [1.54, 1.807) is 0 Å². The lowest BCUT2D eigenvalue weighted by molar-refractivity contribution is -0.167. The van der Waals surface area contributed by atoms with Gasteiger partial charge in [0.15, 0.2) is 6.10 Å². The molecule has 1 unspecified atom stereocenters. The van der Waals surface area contributed by atoms with Gasteiger partial charge in [-0.15, -0.1) is 0 Å². The predicted octanol–water partition coefficient (Wildman–Crippen LogP) is 17.3. The van der Waals surface area contributed by atoms with Crippen LogP contribution in [0.1, 0.15) is 258 Å². The van der Waals surface area contributed by atoms with Crippen molar-refractivity contribution in [1.29, 1.82) is 0 Å². The summed E-state index contributed by atoms with van der Waals surface area (Å²) in [5.41, 5.74) is 0. The van der Waals surface area contributed by atoms with Gasteiger partial charge in [-0.1, -0.05) is 236 Å². The van der Waals surface area contributed by atoms with Crippen molar-refractivity contribution in [1.82, 2.24) is 0 Å². The molecule has 6 nitrogen and oxygen atoms in total. The number of carbonyl (C=O) groups is 3. The van der Waals surface area contributed by atoms with Gasteiger partial charge in [0.2, 0.25) is 0 Å². The van der Waals surface area contributed by atoms with Crippen molar-refractivity contribution in [2.24, 2.45) is 0 Å². The minimum atomic E-state index is -0.783. The van der Waals surface area contributed by atoms with E-state index in [9.17, 15) is 14.4 Å². The van der Waals surface area contributed by atoms with Crippen molar-refractivity contribution in [2.45, 2.75) is 264 Å². The average molecular weight is 867 g/mol. The van der Waals surface area contributed by atoms with Gasteiger partial charge in [-0.3, -0.25) is 14.4 Å². The molecule has 358 valence electrons. The highest BCUT2D eigenvalue weighted by atomic mass is 16.6. The molecule has 0 aliphatic rings. The third-order valence-corrected chi connectivity index (χ3v) is 11.3. The van der Waals surface area contributed by atoms with E-state index >= 15 is 0 Å². The van der Waals surface area contributed by atoms with Gasteiger partial charge >= 0.3 is 17.9 Å². The second-order valence-corrected chi connectivity index (χ2v) is 17.4. The zero-order valence-electron chi connectivity index (χ0n) is 40.9. The third-order valence-electron chi connectivity index (χ3n) is 11.3. The molecule has 0 aliphatic carbocycles. The molecule has 0 saturated heterocycles. The van der Waals surface area contributed by atoms with Crippen LogP contribution in [0.25, 0.3) is 0 Å². The van der Waals surface area contributed by atoms with E-state index in [1.807, 2.05) is 0 Å². The van der Waals surface area contributed by atoms with Crippen LogP contribution in [0.4, 0.5) is 0 Å². The number of carbonyl (C=O) groups excluding carboxylic acids is 3. The molecule has 0 aromatic rings. The van der Waals surface area contributed by atoms with Gasteiger partial charge in [0.25, 0.3) is 0 Å². The summed E-state index contributed by atoms with van der Waals surface area (Å²) >= 11 is 0. The highest BCUT2D eigenvalue weighted by Gasteiger charge is 2.19. The molecule has 0 aromatic heterocycles. The van der Waals surface area contributed by atoms with Crippen molar-refractivity contribution in [3.8, 4) is 0 Å². The van der Waals surface area contributed by atoms with Gasteiger partial charge < -0.3 is 14.2 Å². The number of unbranched alkanes of at least 4 members (excludes halogenated alkanes) is 26. The first-order chi connectivity index (χ1) is 30.5. The lowest BCUT2D eigenvalue weighted by atomic mass is 10.0. The average Bonchev–Trinajstić information content (AvgIpc) is 3.27. The highest BCUT2D eigenvalue weighted by Crippen LogP contribution is 2.15. The lowest BCUT2D eigenvalue weighted by Gasteiger charge is -2.18. The van der Waals surface area contributed by atoms with Crippen LogP contribution in [-0.4, -0.2) is 37.2 Å². The molecule has 6 heteroatoms. The second kappa shape index (κ2) is 50.8. The summed E-state index contributed by atoms with van der Waals surface area (Å²) in [5.74, 6) is -0.909. The van der Waals surface area contributed by atoms with E-state index in [0.717, 1.165) is 96.3 Å². The molecule has 0 aliphatic heterocycles. The minimum Gasteiger partial charge on any atom is -0.462 e. The normalized spacial score (nSPS) is 12.5. The summed E-state index contributed by atoms with van der Waals surface area (Å²) in [4.78, 5) is 37.9. The van der Waals surface area contributed by atoms with Crippen molar-refractivity contribution >= 4 is 17.9 Å². The summed E-state index contributed by atoms with van der Waals surface area (Å²) in [6.45, 7) is 6.50. The Morgan fingerprint density at radius 1 is 0.339 bits per heavy atom. The molecule has 0 radical (unpaired) electrons. The van der Waals surface area contributed by atoms with Crippen LogP contribution in [0.3, 0.4) is 0 Å². The maximum Gasteiger partial charge on any atom is 0.306 e. The Morgan fingerprint density at radius 2 is 0.629 bits per heavy atom. The molecular formula is C56H98O6. The molecule has 0 N–H and O–H groups in total. The lowest BCUT2D eigenvalue weighted by Crippen LogP contribution is -2.30. The van der Waals surface area contributed by atoms with Gasteiger partial charge in [-0.05, 0) is 64.2 Å². The van der Waals surface area contributed by atoms with Crippen LogP contribution in [-0.2, 0) is 28.6 Å². The summed E-state index contributed by atoms with van der Waals surface area (Å²) in [5, 5.41) is 0. The number of allylic oxidation sites excluding steroid dienone is 10. The molecule has 1 atom stereocenters. The fourth-order valence-corrected chi connectivity index (χ4v) is 7.35. The third kappa shape index (κ3) is 48.1. The molecule has 0 fully saturated rings. The van der Waals surface area contributed by atoms with Crippen molar-refractivity contribution in [2.75, 3.05) is 13.2 Å². The van der Waals surface area contributed by atoms with E-state index in [2.05, 4.69) is 81.5 Å². The summed E-state index contributed by atoms with van der Waals surface area (Å²) in [6.07, 6.45) is 62.0. The fraction of sp³-hybridized carbons (Fsp3) is 0.768. The Kier molecular flexibility index (Phi) is 48.4. The largest absolute Gasteiger partial charge is 0.462 e. The first-order valence-corrected chi connectivity index (χ1v) is 26.3. The van der Waals surface area contributed by atoms with Crippen LogP contribution >= 0.6 is 0 Å². The Labute approximate surface area is 383 Å². The monoisotopic (exact) mass is 867 g/mol. The van der Waals surface area contributed by atoms with Gasteiger partial charge in [-0.25, -0.2) is 0 Å². The van der Waals surface area contributed by atoms with Crippen LogP contribution < -0.4 is 0 Å². The van der Waals surface area contributed by atoms with Crippen molar-refractivity contribution < 1.29 is 28.6 Å². The van der Waals surface area contributed by atoms with E-state index < -0.39 is 6.10 Å². The standard InChI is InChI=1S/C56H98O6/c1-4-7-10-13-16-19-22-24-26-27-28-29-31-32-34-37-40-43-46-49-55(58)61-52-53(51-60-54(57)48-45-42-39-36-21-18-15-12-9-6-3)62-56(59)50-47-44-41-38-35-33-30-25-23-20-17-14-11-8-5-2/h7,10,16,19,24,26,28-29,32,34,53H,4-6,8-9,11-15,17-18,20-23,25,27,30-31,33,35-52H2,1-3H3/b10-7-,19-16-,26-24-,29-28-,34-32-. The first-order valence-electron chi connectivity index (χ1n) is 26.3. The van der Waals surface area contributed by atoms with E-state index in [1.165, 1.54) is 122 Å². The number of hydrogen-bond donors (Lipinski definition) is 0. The summed E-state index contributed by atoms with van der Waals surface area (Å²) in [6, 6.07) is 0. The topological polar surface area (TPSA) is 78.9 Å². The Bertz CT molecular complexity index is 1130. The summed E-state index contributed by atoms with van der Waals surface area (Å²) in [7, 11) is 0. The summed E-state index contributed by atoms with van der Waals surface area (Å²) < 4.78 is 16.8. The molecule has 0 rings (SSSR count). The Balaban J connectivity index is 4.38. The Morgan fingerprint density at radius 3 is 0.984 bits per heavy atom. The maximum absolute atomic E-state index is 12.8. The van der Waals surface area contributed by atoms with Gasteiger partial charge in [0, 0.05) is 19.3 Å². The van der Waals surface area contributed by atoms with E-state index in [-0.39, 0.29) is 31.1 Å². The smallest absolute Gasteiger partial charge is 0.306 e. The van der Waals surface area contributed by atoms with Crippen LogP contribution in [0.2, 0.25) is 0 Å². The number of esters is 3. The second-order valence-electron chi connectivity index (χ2n) is 17.4. The van der Waals surface area contributed by atoms with Gasteiger partial charge in [0.1, 0.15) is 13.2 Å². The molecule has 62 heavy (non-hydrogen) atoms. The molecule has 0 saturated carbocycles. The molecule has 0 bridgehead atoms. The molecule has 0 spiro atoms. The van der Waals surface area contributed by atoms with Crippen LogP contribution in [0.5, 0.6) is 0 Å². The van der Waals surface area contributed by atoms with Crippen LogP contribution in [0.15, 0.2) is 60.8 Å². The maximum atomic E-state index is 12.8. The van der Waals surface area contributed by atoms with Crippen LogP contribution in [0, 0.1) is 0 Å². The highest BCUT2D eigenvalue weighted by molar-refractivity contribution is 5.71. The van der Waals surface area contributed by atoms with Gasteiger partial charge in [0.05, 0.1) is 0 Å². The molecule has 0 aromatic carbocycles. The first kappa shape index (κ1) is 59.1. The number of rotatable bonds is 47. The fourth-order valence-electron chi connectivity index (χ4n) is 7.35. The molecule has 0 heterocycles. The van der Waals surface area contributed by atoms with Crippen molar-refractivity contribution in [3.05, 3.63) is 60.8 Å².